The molecular formula is C18H16Cl2N4O. The van der Waals surface area contributed by atoms with Gasteiger partial charge in [0, 0.05) is 33.6 Å². The summed E-state index contributed by atoms with van der Waals surface area (Å²) in [7, 11) is 0. The first-order chi connectivity index (χ1) is 12.0. The van der Waals surface area contributed by atoms with Crippen LogP contribution in [0.5, 0.6) is 0 Å². The molecular weight excluding hydrogens is 359 g/mol. The summed E-state index contributed by atoms with van der Waals surface area (Å²) < 4.78 is 1.78. The predicted molar refractivity (Wildman–Crippen MR) is 99.5 cm³/mol. The maximum atomic E-state index is 12.4. The van der Waals surface area contributed by atoms with E-state index in [0.717, 1.165) is 17.0 Å². The normalized spacial score (nSPS) is 10.7. The first-order valence-corrected chi connectivity index (χ1v) is 8.41. The lowest BCUT2D eigenvalue weighted by Crippen LogP contribution is -2.13. The van der Waals surface area contributed by atoms with E-state index in [9.17, 15) is 4.79 Å². The van der Waals surface area contributed by atoms with Crippen LogP contribution in [0.1, 0.15) is 27.3 Å². The van der Waals surface area contributed by atoms with Gasteiger partial charge in [0.2, 0.25) is 0 Å². The highest BCUT2D eigenvalue weighted by molar-refractivity contribution is 6.35. The molecule has 0 saturated heterocycles. The SMILES string of the molecule is Cc1nn(Cc2c(Cl)cccc2Cl)c(C)c1NC(=O)c1ccncc1. The van der Waals surface area contributed by atoms with E-state index in [1.165, 1.54) is 0 Å². The Hall–Kier alpha value is -2.37. The van der Waals surface area contributed by atoms with Crippen molar-refractivity contribution in [1.29, 1.82) is 0 Å². The Morgan fingerprint density at radius 3 is 2.40 bits per heavy atom. The van der Waals surface area contributed by atoms with Crippen molar-refractivity contribution in [2.24, 2.45) is 0 Å². The summed E-state index contributed by atoms with van der Waals surface area (Å²) in [6.07, 6.45) is 3.16. The monoisotopic (exact) mass is 374 g/mol. The average molecular weight is 375 g/mol. The van der Waals surface area contributed by atoms with E-state index >= 15 is 0 Å². The molecule has 0 aliphatic rings. The first-order valence-electron chi connectivity index (χ1n) is 7.65. The number of halogens is 2. The Morgan fingerprint density at radius 1 is 1.12 bits per heavy atom. The van der Waals surface area contributed by atoms with Gasteiger partial charge in [-0.3, -0.25) is 14.5 Å². The van der Waals surface area contributed by atoms with Gasteiger partial charge in [0.1, 0.15) is 0 Å². The topological polar surface area (TPSA) is 59.8 Å². The van der Waals surface area contributed by atoms with Crippen LogP contribution in [0.15, 0.2) is 42.7 Å². The Labute approximate surface area is 155 Å². The summed E-state index contributed by atoms with van der Waals surface area (Å²) in [5, 5.41) is 8.59. The van der Waals surface area contributed by atoms with Crippen molar-refractivity contribution in [3.8, 4) is 0 Å². The van der Waals surface area contributed by atoms with Crippen LogP contribution >= 0.6 is 23.2 Å². The van der Waals surface area contributed by atoms with Crippen LogP contribution in [0.4, 0.5) is 5.69 Å². The highest BCUT2D eigenvalue weighted by Gasteiger charge is 2.17. The van der Waals surface area contributed by atoms with Crippen molar-refractivity contribution >= 4 is 34.8 Å². The first kappa shape index (κ1) is 17.5. The molecule has 0 spiro atoms. The molecule has 2 heterocycles. The minimum absolute atomic E-state index is 0.205. The molecule has 0 aliphatic heterocycles. The number of nitrogens with zero attached hydrogens (tertiary/aromatic N) is 3. The molecule has 3 rings (SSSR count). The molecule has 1 N–H and O–H groups in total. The number of carbonyl (C=O) groups excluding carboxylic acids is 1. The van der Waals surface area contributed by atoms with Gasteiger partial charge in [0.15, 0.2) is 0 Å². The molecule has 25 heavy (non-hydrogen) atoms. The predicted octanol–water partition coefficient (Wildman–Crippen LogP) is 4.50. The molecule has 1 aromatic carbocycles. The molecule has 3 aromatic rings. The number of amides is 1. The molecule has 0 saturated carbocycles. The summed E-state index contributed by atoms with van der Waals surface area (Å²) in [5.41, 5.74) is 3.57. The zero-order valence-corrected chi connectivity index (χ0v) is 15.3. The van der Waals surface area contributed by atoms with E-state index in [2.05, 4.69) is 15.4 Å². The van der Waals surface area contributed by atoms with Crippen LogP contribution in [-0.2, 0) is 6.54 Å². The quantitative estimate of drug-likeness (QED) is 0.730. The van der Waals surface area contributed by atoms with Gasteiger partial charge in [-0.25, -0.2) is 0 Å². The maximum Gasteiger partial charge on any atom is 0.255 e. The number of carbonyl (C=O) groups is 1. The Bertz CT molecular complexity index is 902. The standard InChI is InChI=1S/C18H16Cl2N4O/c1-11-17(22-18(25)13-6-8-21-9-7-13)12(2)24(23-11)10-14-15(19)4-3-5-16(14)20/h3-9H,10H2,1-2H3,(H,22,25). The third-order valence-corrected chi connectivity index (χ3v) is 4.64. The van der Waals surface area contributed by atoms with Gasteiger partial charge < -0.3 is 5.32 Å². The van der Waals surface area contributed by atoms with E-state index < -0.39 is 0 Å². The number of aromatic nitrogens is 3. The number of rotatable bonds is 4. The van der Waals surface area contributed by atoms with Crippen LogP contribution in [-0.4, -0.2) is 20.7 Å². The smallest absolute Gasteiger partial charge is 0.255 e. The summed E-state index contributed by atoms with van der Waals surface area (Å²) in [6.45, 7) is 4.17. The third kappa shape index (κ3) is 3.67. The molecule has 1 amide bonds. The molecule has 0 atom stereocenters. The molecule has 0 radical (unpaired) electrons. The lowest BCUT2D eigenvalue weighted by Gasteiger charge is -2.10. The fourth-order valence-electron chi connectivity index (χ4n) is 2.55. The van der Waals surface area contributed by atoms with Gasteiger partial charge >= 0.3 is 0 Å². The molecule has 7 heteroatoms. The highest BCUT2D eigenvalue weighted by atomic mass is 35.5. The molecule has 5 nitrogen and oxygen atoms in total. The Kier molecular flexibility index (Phi) is 5.06. The number of pyridine rings is 1. The lowest BCUT2D eigenvalue weighted by atomic mass is 10.2. The summed E-state index contributed by atoms with van der Waals surface area (Å²) in [4.78, 5) is 16.3. The molecule has 2 aromatic heterocycles. The molecule has 0 bridgehead atoms. The van der Waals surface area contributed by atoms with Crippen molar-refractivity contribution < 1.29 is 4.79 Å². The number of benzene rings is 1. The zero-order valence-electron chi connectivity index (χ0n) is 13.8. The largest absolute Gasteiger partial charge is 0.319 e. The Morgan fingerprint density at radius 2 is 1.76 bits per heavy atom. The number of anilines is 1. The molecule has 0 aliphatic carbocycles. The number of aryl methyl sites for hydroxylation is 1. The van der Waals surface area contributed by atoms with Crippen molar-refractivity contribution in [3.63, 3.8) is 0 Å². The number of hydrogen-bond acceptors (Lipinski definition) is 3. The van der Waals surface area contributed by atoms with E-state index in [-0.39, 0.29) is 5.91 Å². The maximum absolute atomic E-state index is 12.4. The van der Waals surface area contributed by atoms with Gasteiger partial charge in [-0.2, -0.15) is 5.10 Å². The minimum atomic E-state index is -0.205. The van der Waals surface area contributed by atoms with E-state index in [1.54, 1.807) is 47.4 Å². The average Bonchev–Trinajstić information content (AvgIpc) is 2.86. The zero-order chi connectivity index (χ0) is 18.0. The van der Waals surface area contributed by atoms with Crippen molar-refractivity contribution in [3.05, 3.63) is 75.3 Å². The van der Waals surface area contributed by atoms with Crippen molar-refractivity contribution in [2.45, 2.75) is 20.4 Å². The minimum Gasteiger partial charge on any atom is -0.319 e. The van der Waals surface area contributed by atoms with Crippen LogP contribution in [0.25, 0.3) is 0 Å². The fourth-order valence-corrected chi connectivity index (χ4v) is 3.07. The van der Waals surface area contributed by atoms with E-state index in [1.807, 2.05) is 13.8 Å². The van der Waals surface area contributed by atoms with Gasteiger partial charge in [-0.05, 0) is 38.1 Å². The van der Waals surface area contributed by atoms with Gasteiger partial charge in [0.25, 0.3) is 5.91 Å². The van der Waals surface area contributed by atoms with Crippen LogP contribution in [0, 0.1) is 13.8 Å². The molecule has 128 valence electrons. The summed E-state index contributed by atoms with van der Waals surface area (Å²) in [5.74, 6) is -0.205. The fraction of sp³-hybridized carbons (Fsp3) is 0.167. The summed E-state index contributed by atoms with van der Waals surface area (Å²) in [6, 6.07) is 8.71. The van der Waals surface area contributed by atoms with Crippen LogP contribution in [0.2, 0.25) is 10.0 Å². The number of nitrogens with one attached hydrogen (secondary N) is 1. The van der Waals surface area contributed by atoms with Gasteiger partial charge in [-0.1, -0.05) is 29.3 Å². The van der Waals surface area contributed by atoms with Crippen molar-refractivity contribution in [2.75, 3.05) is 5.32 Å². The second-order valence-electron chi connectivity index (χ2n) is 5.59. The van der Waals surface area contributed by atoms with Gasteiger partial charge in [0.05, 0.1) is 23.6 Å². The highest BCUT2D eigenvalue weighted by Crippen LogP contribution is 2.27. The van der Waals surface area contributed by atoms with Crippen molar-refractivity contribution in [1.82, 2.24) is 14.8 Å². The third-order valence-electron chi connectivity index (χ3n) is 3.93. The summed E-state index contributed by atoms with van der Waals surface area (Å²) >= 11 is 12.5. The molecule has 0 fully saturated rings. The molecule has 0 unspecified atom stereocenters. The van der Waals surface area contributed by atoms with E-state index in [4.69, 9.17) is 23.2 Å². The van der Waals surface area contributed by atoms with E-state index in [0.29, 0.717) is 27.8 Å². The second kappa shape index (κ2) is 7.25. The van der Waals surface area contributed by atoms with Crippen LogP contribution in [0.3, 0.4) is 0 Å². The van der Waals surface area contributed by atoms with Crippen LogP contribution < -0.4 is 5.32 Å². The Balaban J connectivity index is 1.87. The second-order valence-corrected chi connectivity index (χ2v) is 6.41. The number of hydrogen-bond donors (Lipinski definition) is 1. The lowest BCUT2D eigenvalue weighted by molar-refractivity contribution is 0.102. The van der Waals surface area contributed by atoms with Gasteiger partial charge in [-0.15, -0.1) is 0 Å².